The van der Waals surface area contributed by atoms with Crippen molar-refractivity contribution in [1.29, 1.82) is 0 Å². The van der Waals surface area contributed by atoms with Crippen LogP contribution >= 0.6 is 0 Å². The molecule has 1 aromatic carbocycles. The fourth-order valence-corrected chi connectivity index (χ4v) is 3.57. The van der Waals surface area contributed by atoms with E-state index in [1.54, 1.807) is 0 Å². The molecule has 0 radical (unpaired) electrons. The minimum Gasteiger partial charge on any atom is -0.489 e. The molecule has 1 aromatic rings. The summed E-state index contributed by atoms with van der Waals surface area (Å²) in [6, 6.07) is 9.01. The lowest BCUT2D eigenvalue weighted by Gasteiger charge is -2.36. The van der Waals surface area contributed by atoms with Crippen LogP contribution in [0.5, 0.6) is 5.75 Å². The van der Waals surface area contributed by atoms with Gasteiger partial charge in [-0.2, -0.15) is 0 Å². The van der Waals surface area contributed by atoms with Gasteiger partial charge in [0.25, 0.3) is 0 Å². The van der Waals surface area contributed by atoms with Crippen LogP contribution in [0.3, 0.4) is 0 Å². The van der Waals surface area contributed by atoms with Gasteiger partial charge in [0.2, 0.25) is 0 Å². The first-order chi connectivity index (χ1) is 10.2. The highest BCUT2D eigenvalue weighted by Gasteiger charge is 2.31. The van der Waals surface area contributed by atoms with Crippen molar-refractivity contribution in [2.75, 3.05) is 7.05 Å². The number of likely N-dealkylation sites (N-methyl/N-ethyl adjacent to an activating group) is 1. The van der Waals surface area contributed by atoms with E-state index in [0.29, 0.717) is 18.1 Å². The largest absolute Gasteiger partial charge is 0.489 e. The number of ether oxygens (including phenoxy) is 1. The standard InChI is InChI=1S/C19H31NO/c1-5-8-15-11-12-17(20-4)19(13-15)21-18-10-7-6-9-16(18)14(2)3/h6-7,9-10,14-15,17,19-20H,5,8,11-13H2,1-4H3. The van der Waals surface area contributed by atoms with Gasteiger partial charge in [-0.05, 0) is 49.8 Å². The van der Waals surface area contributed by atoms with E-state index in [2.05, 4.69) is 57.4 Å². The Kier molecular flexibility index (Phi) is 6.10. The highest BCUT2D eigenvalue weighted by Crippen LogP contribution is 2.33. The molecule has 1 N–H and O–H groups in total. The van der Waals surface area contributed by atoms with Crippen LogP contribution in [-0.4, -0.2) is 19.2 Å². The smallest absolute Gasteiger partial charge is 0.123 e. The summed E-state index contributed by atoms with van der Waals surface area (Å²) in [7, 11) is 2.07. The van der Waals surface area contributed by atoms with Crippen LogP contribution in [0.1, 0.15) is 64.4 Å². The molecule has 3 atom stereocenters. The third-order valence-electron chi connectivity index (χ3n) is 4.79. The molecule has 2 heteroatoms. The van der Waals surface area contributed by atoms with Crippen LogP contribution in [-0.2, 0) is 0 Å². The predicted octanol–water partition coefficient (Wildman–Crippen LogP) is 4.75. The summed E-state index contributed by atoms with van der Waals surface area (Å²) in [6.07, 6.45) is 6.68. The van der Waals surface area contributed by atoms with E-state index in [4.69, 9.17) is 4.74 Å². The first-order valence-electron chi connectivity index (χ1n) is 8.58. The molecule has 1 fully saturated rings. The second-order valence-electron chi connectivity index (χ2n) is 6.71. The second kappa shape index (κ2) is 7.84. The Bertz CT molecular complexity index is 429. The van der Waals surface area contributed by atoms with E-state index in [1.807, 2.05) is 0 Å². The number of para-hydroxylation sites is 1. The summed E-state index contributed by atoms with van der Waals surface area (Å²) in [4.78, 5) is 0. The molecular weight excluding hydrogens is 258 g/mol. The summed E-state index contributed by atoms with van der Waals surface area (Å²) in [5.41, 5.74) is 1.32. The van der Waals surface area contributed by atoms with E-state index in [0.717, 1.165) is 11.7 Å². The van der Waals surface area contributed by atoms with Gasteiger partial charge in [-0.3, -0.25) is 0 Å². The molecule has 0 bridgehead atoms. The molecule has 118 valence electrons. The second-order valence-corrected chi connectivity index (χ2v) is 6.71. The average molecular weight is 289 g/mol. The molecule has 0 amide bonds. The van der Waals surface area contributed by atoms with Crippen molar-refractivity contribution < 1.29 is 4.74 Å². The van der Waals surface area contributed by atoms with Crippen LogP contribution in [0.2, 0.25) is 0 Å². The first kappa shape index (κ1) is 16.4. The minimum absolute atomic E-state index is 0.306. The maximum Gasteiger partial charge on any atom is 0.123 e. The van der Waals surface area contributed by atoms with E-state index < -0.39 is 0 Å². The van der Waals surface area contributed by atoms with E-state index in [-0.39, 0.29) is 0 Å². The molecule has 21 heavy (non-hydrogen) atoms. The van der Waals surface area contributed by atoms with Crippen LogP contribution in [0.25, 0.3) is 0 Å². The maximum absolute atomic E-state index is 6.47. The summed E-state index contributed by atoms with van der Waals surface area (Å²) in [5.74, 6) is 2.41. The lowest BCUT2D eigenvalue weighted by atomic mass is 9.81. The fourth-order valence-electron chi connectivity index (χ4n) is 3.57. The lowest BCUT2D eigenvalue weighted by Crippen LogP contribution is -2.45. The molecule has 1 aliphatic rings. The topological polar surface area (TPSA) is 21.3 Å². The molecule has 2 rings (SSSR count). The summed E-state index contributed by atoms with van der Waals surface area (Å²) in [6.45, 7) is 6.76. The third-order valence-corrected chi connectivity index (χ3v) is 4.79. The number of benzene rings is 1. The molecule has 0 aromatic heterocycles. The lowest BCUT2D eigenvalue weighted by molar-refractivity contribution is 0.0855. The van der Waals surface area contributed by atoms with Gasteiger partial charge in [0.05, 0.1) is 0 Å². The van der Waals surface area contributed by atoms with Gasteiger partial charge >= 0.3 is 0 Å². The Hall–Kier alpha value is -1.02. The summed E-state index contributed by atoms with van der Waals surface area (Å²) >= 11 is 0. The van der Waals surface area contributed by atoms with Crippen molar-refractivity contribution in [1.82, 2.24) is 5.32 Å². The van der Waals surface area contributed by atoms with Crippen molar-refractivity contribution in [2.45, 2.75) is 70.9 Å². The SMILES string of the molecule is CCCC1CCC(NC)C(Oc2ccccc2C(C)C)C1. The normalized spacial score (nSPS) is 26.0. The number of hydrogen-bond donors (Lipinski definition) is 1. The molecule has 2 nitrogen and oxygen atoms in total. The van der Waals surface area contributed by atoms with Crippen LogP contribution in [0.4, 0.5) is 0 Å². The zero-order chi connectivity index (χ0) is 15.2. The minimum atomic E-state index is 0.306. The maximum atomic E-state index is 6.47. The molecule has 0 heterocycles. The number of hydrogen-bond acceptors (Lipinski definition) is 2. The van der Waals surface area contributed by atoms with E-state index in [9.17, 15) is 0 Å². The third kappa shape index (κ3) is 4.23. The number of rotatable bonds is 6. The highest BCUT2D eigenvalue weighted by molar-refractivity contribution is 5.35. The monoisotopic (exact) mass is 289 g/mol. The molecule has 0 spiro atoms. The Labute approximate surface area is 130 Å². The van der Waals surface area contributed by atoms with Crippen LogP contribution < -0.4 is 10.1 Å². The quantitative estimate of drug-likeness (QED) is 0.816. The van der Waals surface area contributed by atoms with Gasteiger partial charge in [0, 0.05) is 6.04 Å². The molecule has 0 saturated heterocycles. The Morgan fingerprint density at radius 1 is 1.24 bits per heavy atom. The fraction of sp³-hybridized carbons (Fsp3) is 0.684. The van der Waals surface area contributed by atoms with Crippen molar-refractivity contribution in [2.24, 2.45) is 5.92 Å². The average Bonchev–Trinajstić information content (AvgIpc) is 2.48. The Balaban J connectivity index is 2.11. The van der Waals surface area contributed by atoms with Gasteiger partial charge < -0.3 is 10.1 Å². The van der Waals surface area contributed by atoms with Gasteiger partial charge in [-0.15, -0.1) is 0 Å². The Morgan fingerprint density at radius 3 is 2.67 bits per heavy atom. The van der Waals surface area contributed by atoms with E-state index >= 15 is 0 Å². The Morgan fingerprint density at radius 2 is 2.00 bits per heavy atom. The highest BCUT2D eigenvalue weighted by atomic mass is 16.5. The van der Waals surface area contributed by atoms with Gasteiger partial charge in [0.15, 0.2) is 0 Å². The summed E-state index contributed by atoms with van der Waals surface area (Å²) < 4.78 is 6.47. The van der Waals surface area contributed by atoms with Crippen molar-refractivity contribution in [3.8, 4) is 5.75 Å². The molecule has 3 unspecified atom stereocenters. The van der Waals surface area contributed by atoms with Gasteiger partial charge in [-0.25, -0.2) is 0 Å². The van der Waals surface area contributed by atoms with E-state index in [1.165, 1.54) is 37.7 Å². The van der Waals surface area contributed by atoms with Gasteiger partial charge in [0.1, 0.15) is 11.9 Å². The van der Waals surface area contributed by atoms with Crippen molar-refractivity contribution >= 4 is 0 Å². The first-order valence-corrected chi connectivity index (χ1v) is 8.58. The zero-order valence-corrected chi connectivity index (χ0v) is 14.1. The molecule has 1 aliphatic carbocycles. The molecule has 0 aliphatic heterocycles. The summed E-state index contributed by atoms with van der Waals surface area (Å²) in [5, 5.41) is 3.46. The van der Waals surface area contributed by atoms with Gasteiger partial charge in [-0.1, -0.05) is 51.8 Å². The van der Waals surface area contributed by atoms with Crippen LogP contribution in [0, 0.1) is 5.92 Å². The van der Waals surface area contributed by atoms with Crippen LogP contribution in [0.15, 0.2) is 24.3 Å². The van der Waals surface area contributed by atoms with Crippen molar-refractivity contribution in [3.63, 3.8) is 0 Å². The molecule has 1 saturated carbocycles. The molecular formula is C19H31NO. The number of nitrogens with one attached hydrogen (secondary N) is 1. The zero-order valence-electron chi connectivity index (χ0n) is 14.1. The predicted molar refractivity (Wildman–Crippen MR) is 90.0 cm³/mol. The van der Waals surface area contributed by atoms with Crippen molar-refractivity contribution in [3.05, 3.63) is 29.8 Å².